The van der Waals surface area contributed by atoms with Gasteiger partial charge in [0.25, 0.3) is 0 Å². The molecular formula is H4As4Ge. The van der Waals surface area contributed by atoms with Crippen molar-refractivity contribution in [2.75, 3.05) is 0 Å². The van der Waals surface area contributed by atoms with Gasteiger partial charge < -0.3 is 0 Å². The van der Waals surface area contributed by atoms with Crippen LogP contribution in [0.1, 0.15) is 0 Å². The fraction of sp³-hybridized carbons (Fsp3) is 0. The van der Waals surface area contributed by atoms with Gasteiger partial charge in [-0.15, -0.1) is 0 Å². The van der Waals surface area contributed by atoms with Gasteiger partial charge in [0, 0.05) is 0 Å². The van der Waals surface area contributed by atoms with E-state index < -0.39 is 0 Å². The fourth-order valence-electron chi connectivity index (χ4n) is 0. The summed E-state index contributed by atoms with van der Waals surface area (Å²) in [4.78, 5) is 0. The first-order valence-corrected chi connectivity index (χ1v) is 12.1. The molecule has 0 fully saturated rings. The van der Waals surface area contributed by atoms with Gasteiger partial charge >= 0.3 is 74.5 Å². The van der Waals surface area contributed by atoms with Gasteiger partial charge in [0.05, 0.1) is 0 Å². The summed E-state index contributed by atoms with van der Waals surface area (Å²) in [6, 6.07) is 0. The molecule has 0 aliphatic carbocycles. The standard InChI is InChI=1S/2As2H.GeH2/c2*1-2;/h2*1H;1H2/q2*-1;+2. The predicted octanol–water partition coefficient (Wildman–Crippen LogP) is -2.97. The second-order valence-corrected chi connectivity index (χ2v) is 0. The zero-order chi connectivity index (χ0) is 4.00. The summed E-state index contributed by atoms with van der Waals surface area (Å²) < 4.78 is 0. The third-order valence-corrected chi connectivity index (χ3v) is 0. The minimum atomic E-state index is 0. The summed E-state index contributed by atoms with van der Waals surface area (Å²) in [5.74, 6) is 0. The average Bonchev–Trinajstić information content (AvgIpc) is 1.50. The van der Waals surface area contributed by atoms with Crippen LogP contribution < -0.4 is 0 Å². The van der Waals surface area contributed by atoms with Crippen LogP contribution in [-0.4, -0.2) is 74.5 Å². The molecule has 0 unspecified atom stereocenters. The summed E-state index contributed by atoms with van der Waals surface area (Å²) in [6.45, 7) is 0. The molecule has 0 rings (SSSR count). The number of rotatable bonds is 0. The van der Waals surface area contributed by atoms with E-state index in [1.165, 1.54) is 0 Å². The average molecular weight is 376 g/mol. The van der Waals surface area contributed by atoms with Gasteiger partial charge in [-0.3, -0.25) is 0 Å². The molecule has 0 radical (unpaired) electrons. The monoisotopic (exact) mass is 378 g/mol. The molecule has 5 heteroatoms. The first-order valence-electron chi connectivity index (χ1n) is 0.447. The summed E-state index contributed by atoms with van der Waals surface area (Å²) >= 11 is 8.50. The van der Waals surface area contributed by atoms with Crippen LogP contribution in [0.2, 0.25) is 0 Å². The predicted molar refractivity (Wildman–Crippen MR) is 34.4 cm³/mol. The van der Waals surface area contributed by atoms with Crippen molar-refractivity contribution in [3.05, 3.63) is 0 Å². The normalized spacial score (nSPS) is 1.60. The number of hydrogen-bond donors (Lipinski definition) is 0. The van der Waals surface area contributed by atoms with Crippen LogP contribution in [0.15, 0.2) is 0 Å². The Bertz CT molecular complexity index is 5.61. The molecule has 0 aromatic rings. The minimum absolute atomic E-state index is 0. The molecule has 0 amide bonds. The van der Waals surface area contributed by atoms with Crippen molar-refractivity contribution in [1.29, 1.82) is 0 Å². The van der Waals surface area contributed by atoms with E-state index in [0.717, 1.165) is 0 Å². The van der Waals surface area contributed by atoms with Crippen LogP contribution in [0.5, 0.6) is 0 Å². The van der Waals surface area contributed by atoms with E-state index in [9.17, 15) is 0 Å². The summed E-state index contributed by atoms with van der Waals surface area (Å²) in [5.41, 5.74) is 0. The molecule has 0 aliphatic rings. The van der Waals surface area contributed by atoms with Crippen molar-refractivity contribution in [2.24, 2.45) is 0 Å². The van der Waals surface area contributed by atoms with Gasteiger partial charge in [0.15, 0.2) is 0 Å². The molecule has 0 saturated heterocycles. The van der Waals surface area contributed by atoms with E-state index in [1.54, 1.807) is 0 Å². The summed E-state index contributed by atoms with van der Waals surface area (Å²) in [6.07, 6.45) is 0. The molecule has 0 nitrogen and oxygen atoms in total. The van der Waals surface area contributed by atoms with E-state index >= 15 is 0 Å². The Kier molecular flexibility index (Phi) is 91.8. The Hall–Kier alpha value is 2.78. The third kappa shape index (κ3) is 20.1. The molecular weight excluding hydrogens is 372 g/mol. The molecule has 0 atom stereocenters. The molecule has 0 saturated carbocycles. The summed E-state index contributed by atoms with van der Waals surface area (Å²) in [5, 5.41) is 0. The molecule has 0 spiro atoms. The SMILES string of the molecule is [As-]=[AsH].[As-]=[AsH].[GeH2+2]. The van der Waals surface area contributed by atoms with Crippen LogP contribution >= 0.6 is 0 Å². The van der Waals surface area contributed by atoms with Gasteiger partial charge in [-0.1, -0.05) is 0 Å². The molecule has 28 valence electrons. The molecule has 0 aliphatic heterocycles. The molecule has 0 bridgehead atoms. The Morgan fingerprint density at radius 2 is 0.800 bits per heavy atom. The topological polar surface area (TPSA) is 0 Å². The second kappa shape index (κ2) is 29.3. The van der Waals surface area contributed by atoms with E-state index in [-0.39, 0.29) is 17.6 Å². The Morgan fingerprint density at radius 3 is 0.800 bits per heavy atom. The van der Waals surface area contributed by atoms with Crippen LogP contribution in [-0.2, 0) is 0 Å². The van der Waals surface area contributed by atoms with Gasteiger partial charge in [0.2, 0.25) is 0 Å². The van der Waals surface area contributed by atoms with E-state index in [4.69, 9.17) is 0 Å². The van der Waals surface area contributed by atoms with E-state index in [0.29, 0.717) is 0 Å². The van der Waals surface area contributed by atoms with Gasteiger partial charge in [-0.05, 0) is 0 Å². The van der Waals surface area contributed by atoms with Crippen LogP contribution in [0.3, 0.4) is 0 Å². The van der Waals surface area contributed by atoms with Crippen molar-refractivity contribution < 1.29 is 0 Å². The van der Waals surface area contributed by atoms with Crippen molar-refractivity contribution in [3.63, 3.8) is 0 Å². The maximum atomic E-state index is 2.31. The quantitative estimate of drug-likeness (QED) is 0.396. The van der Waals surface area contributed by atoms with Gasteiger partial charge in [-0.25, -0.2) is 0 Å². The van der Waals surface area contributed by atoms with E-state index in [2.05, 4.69) is 28.5 Å². The zero-order valence-corrected chi connectivity index (χ0v) is 13.5. The van der Waals surface area contributed by atoms with Crippen molar-refractivity contribution >= 4 is 74.5 Å². The van der Waals surface area contributed by atoms with Crippen LogP contribution in [0.4, 0.5) is 0 Å². The third-order valence-electron chi connectivity index (χ3n) is 0. The fourth-order valence-corrected chi connectivity index (χ4v) is 0. The Labute approximate surface area is 73.4 Å². The first-order chi connectivity index (χ1) is 2.00. The summed E-state index contributed by atoms with van der Waals surface area (Å²) in [7, 11) is 0. The Morgan fingerprint density at radius 1 is 0.800 bits per heavy atom. The molecule has 5 heavy (non-hydrogen) atoms. The van der Waals surface area contributed by atoms with Crippen molar-refractivity contribution in [2.45, 2.75) is 0 Å². The zero-order valence-electron chi connectivity index (χ0n) is 2.60. The van der Waals surface area contributed by atoms with Crippen molar-refractivity contribution in [1.82, 2.24) is 0 Å². The van der Waals surface area contributed by atoms with E-state index in [1.807, 2.05) is 28.5 Å². The van der Waals surface area contributed by atoms with Crippen molar-refractivity contribution in [3.8, 4) is 0 Å². The van der Waals surface area contributed by atoms with Crippen LogP contribution in [0.25, 0.3) is 0 Å². The number of hydrogen-bond acceptors (Lipinski definition) is 0. The van der Waals surface area contributed by atoms with Gasteiger partial charge in [-0.2, -0.15) is 0 Å². The second-order valence-electron chi connectivity index (χ2n) is 0. The molecule has 0 aromatic heterocycles. The van der Waals surface area contributed by atoms with Gasteiger partial charge in [0.1, 0.15) is 0 Å². The van der Waals surface area contributed by atoms with Crippen LogP contribution in [0, 0.1) is 0 Å². The molecule has 0 heterocycles. The first kappa shape index (κ1) is 15.7. The maximum absolute atomic E-state index is 2.31. The Balaban J connectivity index is -0.0000000133. The molecule has 0 N–H and O–H groups in total. The molecule has 0 aromatic carbocycles.